The standard InChI is InChI=1S/C22H19ClN2O2S/c23-18-9-4-6-16(12-18)14-25(22(26)21-10-5-11-28-21)15-19-13-20(24-27-19)17-7-2-1-3-8-17/h1-12,19H,13-15H2/t19-/m1/s1. The average molecular weight is 411 g/mol. The number of halogens is 1. The van der Waals surface area contributed by atoms with Crippen LogP contribution in [0.2, 0.25) is 5.02 Å². The minimum absolute atomic E-state index is 0.00765. The van der Waals surface area contributed by atoms with Gasteiger partial charge in [0.25, 0.3) is 5.91 Å². The highest BCUT2D eigenvalue weighted by molar-refractivity contribution is 7.12. The van der Waals surface area contributed by atoms with Gasteiger partial charge in [-0.3, -0.25) is 4.79 Å². The van der Waals surface area contributed by atoms with Gasteiger partial charge in [0.15, 0.2) is 6.10 Å². The van der Waals surface area contributed by atoms with Crippen LogP contribution in [0.25, 0.3) is 0 Å². The Labute approximate surface area is 173 Å². The maximum Gasteiger partial charge on any atom is 0.264 e. The van der Waals surface area contributed by atoms with Crippen molar-refractivity contribution >= 4 is 34.6 Å². The van der Waals surface area contributed by atoms with E-state index in [4.69, 9.17) is 16.4 Å². The second kappa shape index (κ2) is 8.59. The van der Waals surface area contributed by atoms with Crippen LogP contribution in [0.3, 0.4) is 0 Å². The average Bonchev–Trinajstić information content (AvgIpc) is 3.40. The van der Waals surface area contributed by atoms with Crippen LogP contribution in [-0.4, -0.2) is 29.2 Å². The number of amides is 1. The Morgan fingerprint density at radius 2 is 2.00 bits per heavy atom. The second-order valence-electron chi connectivity index (χ2n) is 6.63. The molecule has 28 heavy (non-hydrogen) atoms. The van der Waals surface area contributed by atoms with E-state index in [2.05, 4.69) is 5.16 Å². The van der Waals surface area contributed by atoms with Gasteiger partial charge in [0, 0.05) is 18.0 Å². The molecule has 1 aromatic heterocycles. The number of rotatable bonds is 6. The van der Waals surface area contributed by atoms with Gasteiger partial charge in [0.05, 0.1) is 17.1 Å². The molecule has 4 rings (SSSR count). The minimum Gasteiger partial charge on any atom is -0.390 e. The number of hydrogen-bond donors (Lipinski definition) is 0. The third-order valence-electron chi connectivity index (χ3n) is 4.55. The van der Waals surface area contributed by atoms with Crippen molar-refractivity contribution < 1.29 is 9.63 Å². The van der Waals surface area contributed by atoms with E-state index in [0.29, 0.717) is 29.4 Å². The Balaban J connectivity index is 1.49. The molecule has 0 saturated heterocycles. The highest BCUT2D eigenvalue weighted by Crippen LogP contribution is 2.21. The summed E-state index contributed by atoms with van der Waals surface area (Å²) in [5, 5.41) is 6.81. The summed E-state index contributed by atoms with van der Waals surface area (Å²) in [7, 11) is 0. The zero-order valence-electron chi connectivity index (χ0n) is 15.1. The topological polar surface area (TPSA) is 41.9 Å². The summed E-state index contributed by atoms with van der Waals surface area (Å²) in [5.74, 6) is -0.00765. The van der Waals surface area contributed by atoms with E-state index in [0.717, 1.165) is 16.8 Å². The molecule has 0 bridgehead atoms. The summed E-state index contributed by atoms with van der Waals surface area (Å²) in [5.41, 5.74) is 2.95. The Bertz CT molecular complexity index is 973. The molecule has 0 radical (unpaired) electrons. The number of benzene rings is 2. The first-order valence-corrected chi connectivity index (χ1v) is 10.3. The van der Waals surface area contributed by atoms with Gasteiger partial charge in [0.1, 0.15) is 0 Å². The summed E-state index contributed by atoms with van der Waals surface area (Å²) in [6, 6.07) is 21.3. The Kier molecular flexibility index (Phi) is 5.74. The molecule has 1 aliphatic heterocycles. The van der Waals surface area contributed by atoms with Gasteiger partial charge in [-0.15, -0.1) is 11.3 Å². The minimum atomic E-state index is -0.168. The number of carbonyl (C=O) groups is 1. The van der Waals surface area contributed by atoms with Crippen LogP contribution in [0.1, 0.15) is 27.2 Å². The number of oxime groups is 1. The Morgan fingerprint density at radius 1 is 1.14 bits per heavy atom. The molecular weight excluding hydrogens is 392 g/mol. The highest BCUT2D eigenvalue weighted by atomic mass is 35.5. The van der Waals surface area contributed by atoms with Gasteiger partial charge in [-0.2, -0.15) is 0 Å². The highest BCUT2D eigenvalue weighted by Gasteiger charge is 2.27. The number of carbonyl (C=O) groups excluding carboxylic acids is 1. The fourth-order valence-electron chi connectivity index (χ4n) is 3.20. The monoisotopic (exact) mass is 410 g/mol. The van der Waals surface area contributed by atoms with Gasteiger partial charge < -0.3 is 9.74 Å². The number of hydrogen-bond acceptors (Lipinski definition) is 4. The van der Waals surface area contributed by atoms with Crippen molar-refractivity contribution in [1.29, 1.82) is 0 Å². The molecule has 1 aliphatic rings. The maximum absolute atomic E-state index is 13.0. The molecule has 142 valence electrons. The van der Waals surface area contributed by atoms with E-state index in [9.17, 15) is 4.79 Å². The van der Waals surface area contributed by atoms with E-state index in [1.165, 1.54) is 11.3 Å². The Morgan fingerprint density at radius 3 is 2.75 bits per heavy atom. The molecule has 1 amide bonds. The third-order valence-corrected chi connectivity index (χ3v) is 5.64. The molecule has 0 spiro atoms. The fraction of sp³-hybridized carbons (Fsp3) is 0.182. The molecule has 0 fully saturated rings. The molecule has 2 heterocycles. The van der Waals surface area contributed by atoms with Crippen molar-refractivity contribution in [3.63, 3.8) is 0 Å². The summed E-state index contributed by atoms with van der Waals surface area (Å²) < 4.78 is 0. The lowest BCUT2D eigenvalue weighted by Crippen LogP contribution is -2.37. The summed E-state index contributed by atoms with van der Waals surface area (Å²) >= 11 is 7.56. The van der Waals surface area contributed by atoms with Gasteiger partial charge >= 0.3 is 0 Å². The first kappa shape index (κ1) is 18.7. The number of nitrogens with zero attached hydrogens (tertiary/aromatic N) is 2. The van der Waals surface area contributed by atoms with Crippen molar-refractivity contribution in [2.24, 2.45) is 5.16 Å². The smallest absolute Gasteiger partial charge is 0.264 e. The van der Waals surface area contributed by atoms with Gasteiger partial charge in [-0.05, 0) is 34.7 Å². The van der Waals surface area contributed by atoms with E-state index in [1.807, 2.05) is 77.0 Å². The lowest BCUT2D eigenvalue weighted by Gasteiger charge is -2.24. The van der Waals surface area contributed by atoms with E-state index in [-0.39, 0.29) is 12.0 Å². The Hall–Kier alpha value is -2.63. The van der Waals surface area contributed by atoms with Crippen molar-refractivity contribution in [1.82, 2.24) is 4.90 Å². The molecule has 0 unspecified atom stereocenters. The summed E-state index contributed by atoms with van der Waals surface area (Å²) in [6.07, 6.45) is 0.506. The zero-order valence-corrected chi connectivity index (χ0v) is 16.7. The predicted octanol–water partition coefficient (Wildman–Crippen LogP) is 5.24. The van der Waals surface area contributed by atoms with Gasteiger partial charge in [0.2, 0.25) is 0 Å². The molecule has 0 N–H and O–H groups in total. The van der Waals surface area contributed by atoms with Crippen LogP contribution in [0, 0.1) is 0 Å². The molecule has 0 aliphatic carbocycles. The van der Waals surface area contributed by atoms with Crippen molar-refractivity contribution in [3.8, 4) is 0 Å². The first-order chi connectivity index (χ1) is 13.7. The molecular formula is C22H19ClN2O2S. The van der Waals surface area contributed by atoms with Crippen LogP contribution in [0.15, 0.2) is 77.3 Å². The van der Waals surface area contributed by atoms with E-state index >= 15 is 0 Å². The van der Waals surface area contributed by atoms with E-state index in [1.54, 1.807) is 0 Å². The first-order valence-electron chi connectivity index (χ1n) is 9.04. The molecule has 2 aromatic carbocycles. The largest absolute Gasteiger partial charge is 0.390 e. The van der Waals surface area contributed by atoms with E-state index < -0.39 is 0 Å². The van der Waals surface area contributed by atoms with Crippen LogP contribution >= 0.6 is 22.9 Å². The maximum atomic E-state index is 13.0. The lowest BCUT2D eigenvalue weighted by molar-refractivity contribution is 0.0408. The van der Waals surface area contributed by atoms with Crippen LogP contribution in [-0.2, 0) is 11.4 Å². The normalized spacial score (nSPS) is 15.8. The molecule has 4 nitrogen and oxygen atoms in total. The van der Waals surface area contributed by atoms with Gasteiger partial charge in [-0.1, -0.05) is 65.3 Å². The van der Waals surface area contributed by atoms with Crippen LogP contribution in [0.4, 0.5) is 0 Å². The van der Waals surface area contributed by atoms with Crippen molar-refractivity contribution in [2.45, 2.75) is 19.1 Å². The summed E-state index contributed by atoms with van der Waals surface area (Å²) in [6.45, 7) is 0.931. The quantitative estimate of drug-likeness (QED) is 0.557. The van der Waals surface area contributed by atoms with Crippen molar-refractivity contribution in [3.05, 3.63) is 93.1 Å². The lowest BCUT2D eigenvalue weighted by atomic mass is 10.0. The third kappa shape index (κ3) is 4.43. The molecule has 0 saturated carbocycles. The second-order valence-corrected chi connectivity index (χ2v) is 8.01. The van der Waals surface area contributed by atoms with Gasteiger partial charge in [-0.25, -0.2) is 0 Å². The predicted molar refractivity (Wildman–Crippen MR) is 113 cm³/mol. The summed E-state index contributed by atoms with van der Waals surface area (Å²) in [4.78, 5) is 21.2. The number of thiophene rings is 1. The van der Waals surface area contributed by atoms with Crippen molar-refractivity contribution in [2.75, 3.05) is 6.54 Å². The van der Waals surface area contributed by atoms with Crippen LogP contribution in [0.5, 0.6) is 0 Å². The van der Waals surface area contributed by atoms with Crippen LogP contribution < -0.4 is 0 Å². The molecule has 6 heteroatoms. The SMILES string of the molecule is O=C(c1cccs1)N(Cc1cccc(Cl)c1)C[C@H]1CC(c2ccccc2)=NO1. The zero-order chi connectivity index (χ0) is 19.3. The molecule has 1 atom stereocenters. The molecule has 3 aromatic rings. The fourth-order valence-corrected chi connectivity index (χ4v) is 4.11.